The van der Waals surface area contributed by atoms with Crippen molar-refractivity contribution >= 4 is 17.5 Å². The Bertz CT molecular complexity index is 1720. The average molecular weight is 635 g/mol. The third-order valence-electron chi connectivity index (χ3n) is 8.78. The predicted octanol–water partition coefficient (Wildman–Crippen LogP) is 3.76. The third-order valence-corrected chi connectivity index (χ3v) is 8.78. The van der Waals surface area contributed by atoms with Gasteiger partial charge in [-0.3, -0.25) is 9.59 Å². The van der Waals surface area contributed by atoms with Crippen molar-refractivity contribution in [1.29, 1.82) is 0 Å². The van der Waals surface area contributed by atoms with Crippen LogP contribution < -0.4 is 15.4 Å². The van der Waals surface area contributed by atoms with E-state index >= 15 is 8.78 Å². The van der Waals surface area contributed by atoms with E-state index in [2.05, 4.69) is 10.6 Å². The molecule has 2 fully saturated rings. The summed E-state index contributed by atoms with van der Waals surface area (Å²) in [6.45, 7) is 2.58. The lowest BCUT2D eigenvalue weighted by atomic mass is 9.94. The Balaban J connectivity index is 1.26. The highest BCUT2D eigenvalue weighted by Gasteiger charge is 2.50. The summed E-state index contributed by atoms with van der Waals surface area (Å²) in [7, 11) is 4.74. The highest BCUT2D eigenvalue weighted by molar-refractivity contribution is 6.23. The van der Waals surface area contributed by atoms with Gasteiger partial charge in [0.25, 0.3) is 11.8 Å². The van der Waals surface area contributed by atoms with Gasteiger partial charge in [-0.1, -0.05) is 30.3 Å². The molecule has 3 aliphatic heterocycles. The van der Waals surface area contributed by atoms with Crippen molar-refractivity contribution in [3.8, 4) is 28.0 Å². The van der Waals surface area contributed by atoms with Gasteiger partial charge in [0.15, 0.2) is 12.5 Å². The lowest BCUT2D eigenvalue weighted by Gasteiger charge is -2.29. The summed E-state index contributed by atoms with van der Waals surface area (Å²) in [5.74, 6) is -1.96. The van der Waals surface area contributed by atoms with Crippen LogP contribution in [0.3, 0.4) is 0 Å². The van der Waals surface area contributed by atoms with Crippen molar-refractivity contribution in [1.82, 2.24) is 15.1 Å². The number of methoxy groups -OCH3 is 1. The zero-order valence-electron chi connectivity index (χ0n) is 26.0. The molecule has 2 unspecified atom stereocenters. The van der Waals surface area contributed by atoms with Crippen molar-refractivity contribution in [3.63, 3.8) is 0 Å². The number of benzene rings is 3. The molecule has 0 aromatic heterocycles. The maximum atomic E-state index is 16.3. The van der Waals surface area contributed by atoms with Crippen molar-refractivity contribution < 1.29 is 37.7 Å². The number of likely N-dealkylation sites (N-methyl/N-ethyl adjacent to an activating group) is 2. The Labute approximate surface area is 265 Å². The largest absolute Gasteiger partial charge is 0.496 e. The molecule has 3 aliphatic rings. The molecule has 0 bridgehead atoms. The van der Waals surface area contributed by atoms with E-state index in [1.54, 1.807) is 68.4 Å². The van der Waals surface area contributed by atoms with E-state index in [0.29, 0.717) is 35.4 Å². The van der Waals surface area contributed by atoms with E-state index in [4.69, 9.17) is 14.2 Å². The fourth-order valence-electron chi connectivity index (χ4n) is 6.00. The zero-order valence-corrected chi connectivity index (χ0v) is 26.0. The number of ether oxygens (including phenoxy) is 3. The summed E-state index contributed by atoms with van der Waals surface area (Å²) >= 11 is 0. The summed E-state index contributed by atoms with van der Waals surface area (Å²) in [6, 6.07) is 12.6. The van der Waals surface area contributed by atoms with E-state index in [9.17, 15) is 14.7 Å². The highest BCUT2D eigenvalue weighted by atomic mass is 19.1. The van der Waals surface area contributed by atoms with Gasteiger partial charge in [0, 0.05) is 61.9 Å². The first-order valence-corrected chi connectivity index (χ1v) is 15.0. The topological polar surface area (TPSA) is 116 Å². The monoisotopic (exact) mass is 634 g/mol. The number of fused-ring (bicyclic) bond motifs is 1. The SMILES string of the molecule is COc1cc(-c2cccc(-c3cccc(NC(=O)C4=CN(C)C5OC5N(C)C4=O)c3C)c2F)cc(F)c1CN[C@@H]1CCOC[C@H]1O. The maximum Gasteiger partial charge on any atom is 0.262 e. The summed E-state index contributed by atoms with van der Waals surface area (Å²) in [6.07, 6.45) is 0.650. The number of amides is 2. The predicted molar refractivity (Wildman–Crippen MR) is 166 cm³/mol. The normalized spacial score (nSPS) is 22.6. The number of nitrogens with zero attached hydrogens (tertiary/aromatic N) is 2. The van der Waals surface area contributed by atoms with Gasteiger partial charge in [-0.25, -0.2) is 8.78 Å². The van der Waals surface area contributed by atoms with Gasteiger partial charge in [-0.2, -0.15) is 0 Å². The molecule has 0 saturated carbocycles. The Morgan fingerprint density at radius 3 is 2.59 bits per heavy atom. The summed E-state index contributed by atoms with van der Waals surface area (Å²) in [4.78, 5) is 29.3. The molecule has 10 nitrogen and oxygen atoms in total. The third kappa shape index (κ3) is 5.96. The van der Waals surface area contributed by atoms with Crippen molar-refractivity contribution in [2.24, 2.45) is 0 Å². The van der Waals surface area contributed by atoms with Crippen LogP contribution in [0.4, 0.5) is 14.5 Å². The first kappa shape index (κ1) is 31.6. The van der Waals surface area contributed by atoms with Crippen LogP contribution in [0.15, 0.2) is 60.3 Å². The summed E-state index contributed by atoms with van der Waals surface area (Å²) in [5.41, 5.74) is 2.46. The van der Waals surface area contributed by atoms with Gasteiger partial charge in [0.05, 0.1) is 19.8 Å². The second kappa shape index (κ2) is 12.8. The molecular weight excluding hydrogens is 598 g/mol. The Hall–Kier alpha value is -4.36. The number of hydrogen-bond acceptors (Lipinski definition) is 8. The van der Waals surface area contributed by atoms with Crippen LogP contribution >= 0.6 is 0 Å². The number of rotatable bonds is 8. The van der Waals surface area contributed by atoms with Crippen LogP contribution in [0.25, 0.3) is 22.3 Å². The second-order valence-electron chi connectivity index (χ2n) is 11.7. The number of epoxide rings is 1. The lowest BCUT2D eigenvalue weighted by Crippen LogP contribution is -2.46. The molecule has 0 aliphatic carbocycles. The van der Waals surface area contributed by atoms with Crippen LogP contribution in [0.1, 0.15) is 17.5 Å². The molecule has 6 rings (SSSR count). The molecular formula is C34H36F2N4O6. The van der Waals surface area contributed by atoms with Crippen LogP contribution in [-0.4, -0.2) is 85.7 Å². The van der Waals surface area contributed by atoms with E-state index in [-0.39, 0.29) is 53.4 Å². The lowest BCUT2D eigenvalue weighted by molar-refractivity contribution is -0.129. The minimum atomic E-state index is -0.699. The molecule has 46 heavy (non-hydrogen) atoms. The molecule has 12 heteroatoms. The molecule has 2 amide bonds. The van der Waals surface area contributed by atoms with Crippen LogP contribution in [-0.2, 0) is 25.6 Å². The van der Waals surface area contributed by atoms with E-state index in [0.717, 1.165) is 0 Å². The number of carbonyl (C=O) groups is 2. The van der Waals surface area contributed by atoms with Gasteiger partial charge in [-0.15, -0.1) is 0 Å². The average Bonchev–Trinajstić information content (AvgIpc) is 3.86. The summed E-state index contributed by atoms with van der Waals surface area (Å²) in [5, 5.41) is 16.2. The number of carbonyl (C=O) groups excluding carboxylic acids is 2. The smallest absolute Gasteiger partial charge is 0.262 e. The molecule has 0 radical (unpaired) electrons. The summed E-state index contributed by atoms with van der Waals surface area (Å²) < 4.78 is 48.0. The van der Waals surface area contributed by atoms with E-state index in [1.165, 1.54) is 24.3 Å². The first-order valence-electron chi connectivity index (χ1n) is 15.0. The molecule has 2 saturated heterocycles. The minimum Gasteiger partial charge on any atom is -0.496 e. The van der Waals surface area contributed by atoms with Crippen molar-refractivity contribution in [2.75, 3.05) is 39.7 Å². The minimum absolute atomic E-state index is 0.0441. The molecule has 3 aromatic carbocycles. The molecule has 0 spiro atoms. The number of anilines is 1. The van der Waals surface area contributed by atoms with E-state index in [1.807, 2.05) is 0 Å². The second-order valence-corrected chi connectivity index (χ2v) is 11.7. The van der Waals surface area contributed by atoms with E-state index < -0.39 is 35.8 Å². The molecule has 3 N–H and O–H groups in total. The molecule has 4 atom stereocenters. The first-order chi connectivity index (χ1) is 22.1. The molecule has 3 heterocycles. The van der Waals surface area contributed by atoms with Crippen LogP contribution in [0.2, 0.25) is 0 Å². The molecule has 242 valence electrons. The van der Waals surface area contributed by atoms with Crippen LogP contribution in [0.5, 0.6) is 5.75 Å². The number of halogens is 2. The van der Waals surface area contributed by atoms with Crippen LogP contribution in [0, 0.1) is 18.6 Å². The van der Waals surface area contributed by atoms with Gasteiger partial charge in [0.2, 0.25) is 0 Å². The number of aliphatic hydroxyl groups excluding tert-OH is 1. The molecule has 3 aromatic rings. The number of nitrogens with one attached hydrogen (secondary N) is 2. The highest BCUT2D eigenvalue weighted by Crippen LogP contribution is 2.38. The van der Waals surface area contributed by atoms with Gasteiger partial charge < -0.3 is 39.8 Å². The van der Waals surface area contributed by atoms with Crippen molar-refractivity contribution in [2.45, 2.75) is 44.5 Å². The van der Waals surface area contributed by atoms with Gasteiger partial charge >= 0.3 is 0 Å². The van der Waals surface area contributed by atoms with Gasteiger partial charge in [-0.05, 0) is 48.2 Å². The van der Waals surface area contributed by atoms with Gasteiger partial charge in [0.1, 0.15) is 23.0 Å². The Kier molecular flexibility index (Phi) is 8.80. The quantitative estimate of drug-likeness (QED) is 0.254. The van der Waals surface area contributed by atoms with Crippen molar-refractivity contribution in [3.05, 3.63) is 83.1 Å². The standard InChI is InChI=1S/C34H36F2N4O6/c1-18-20(7-6-10-26(18)38-31(42)24-16-39(2)33-34(46-33)40(3)32(24)43)22-9-5-8-21(30(22)36)19-13-25(35)23(29(14-19)44-4)15-37-27-11-12-45-17-28(27)41/h5-10,13-14,16,27-28,33-34,37,41H,11-12,15,17H2,1-4H3,(H,38,42)/t27-,28-,33?,34?/m1/s1. The zero-order chi connectivity index (χ0) is 32.7. The number of hydrogen-bond donors (Lipinski definition) is 3. The fraction of sp³-hybridized carbons (Fsp3) is 0.353. The number of aliphatic hydroxyl groups is 1. The Morgan fingerprint density at radius 2 is 1.83 bits per heavy atom. The fourth-order valence-corrected chi connectivity index (χ4v) is 6.00. The Morgan fingerprint density at radius 1 is 1.09 bits per heavy atom. The maximum absolute atomic E-state index is 16.3.